The van der Waals surface area contributed by atoms with E-state index >= 15 is 0 Å². The summed E-state index contributed by atoms with van der Waals surface area (Å²) >= 11 is 11.5. The minimum absolute atomic E-state index is 0.0241. The molecule has 0 aliphatic carbocycles. The lowest BCUT2D eigenvalue weighted by atomic mass is 10.1. The van der Waals surface area contributed by atoms with Crippen LogP contribution in [0.25, 0.3) is 0 Å². The first-order chi connectivity index (χ1) is 7.72. The summed E-state index contributed by atoms with van der Waals surface area (Å²) in [5.74, 6) is 1.59. The zero-order valence-corrected chi connectivity index (χ0v) is 9.98. The highest BCUT2D eigenvalue weighted by Gasteiger charge is 2.19. The van der Waals surface area contributed by atoms with Crippen LogP contribution < -0.4 is 9.47 Å². The standard InChI is InChI=1S/C11H10Cl2O3/c12-3-1-2-9(14)7-4-10-11(5-8(7)13)16-6-15-10/h4-5H,1-3,6H2. The van der Waals surface area contributed by atoms with E-state index in [9.17, 15) is 4.79 Å². The average Bonchev–Trinajstić information content (AvgIpc) is 2.71. The van der Waals surface area contributed by atoms with Crippen molar-refractivity contribution in [2.24, 2.45) is 0 Å². The SMILES string of the molecule is O=C(CCCCl)c1cc2c(cc1Cl)OCO2. The Morgan fingerprint density at radius 3 is 2.69 bits per heavy atom. The third-order valence-electron chi connectivity index (χ3n) is 2.30. The van der Waals surface area contributed by atoms with Crippen molar-refractivity contribution in [3.63, 3.8) is 0 Å². The van der Waals surface area contributed by atoms with Crippen molar-refractivity contribution in [3.05, 3.63) is 22.7 Å². The van der Waals surface area contributed by atoms with Crippen LogP contribution in [-0.4, -0.2) is 18.5 Å². The lowest BCUT2D eigenvalue weighted by molar-refractivity contribution is 0.0981. The fraction of sp³-hybridized carbons (Fsp3) is 0.364. The topological polar surface area (TPSA) is 35.5 Å². The van der Waals surface area contributed by atoms with Crippen LogP contribution in [0, 0.1) is 0 Å². The molecule has 0 radical (unpaired) electrons. The van der Waals surface area contributed by atoms with Gasteiger partial charge >= 0.3 is 0 Å². The van der Waals surface area contributed by atoms with Crippen LogP contribution >= 0.6 is 23.2 Å². The summed E-state index contributed by atoms with van der Waals surface area (Å²) < 4.78 is 10.3. The maximum absolute atomic E-state index is 11.8. The number of Topliss-reactive ketones (excluding diaryl/α,β-unsaturated/α-hetero) is 1. The molecule has 0 aromatic heterocycles. The van der Waals surface area contributed by atoms with Crippen LogP contribution in [0.1, 0.15) is 23.2 Å². The predicted octanol–water partition coefficient (Wildman–Crippen LogP) is 3.27. The fourth-order valence-corrected chi connectivity index (χ4v) is 1.89. The molecule has 1 heterocycles. The Morgan fingerprint density at radius 2 is 2.00 bits per heavy atom. The second-order valence-electron chi connectivity index (χ2n) is 3.40. The van der Waals surface area contributed by atoms with E-state index in [1.807, 2.05) is 0 Å². The van der Waals surface area contributed by atoms with Gasteiger partial charge in [-0.25, -0.2) is 0 Å². The van der Waals surface area contributed by atoms with E-state index in [-0.39, 0.29) is 12.6 Å². The van der Waals surface area contributed by atoms with Gasteiger partial charge in [0.15, 0.2) is 17.3 Å². The first kappa shape index (κ1) is 11.6. The van der Waals surface area contributed by atoms with Gasteiger partial charge < -0.3 is 9.47 Å². The molecule has 0 unspecified atom stereocenters. The molecule has 86 valence electrons. The van der Waals surface area contributed by atoms with Gasteiger partial charge in [-0.1, -0.05) is 11.6 Å². The Hall–Kier alpha value is -0.930. The second-order valence-corrected chi connectivity index (χ2v) is 4.19. The van der Waals surface area contributed by atoms with Gasteiger partial charge in [-0.15, -0.1) is 11.6 Å². The third-order valence-corrected chi connectivity index (χ3v) is 2.88. The normalized spacial score (nSPS) is 12.9. The molecule has 0 atom stereocenters. The van der Waals surface area contributed by atoms with E-state index in [0.717, 1.165) is 0 Å². The van der Waals surface area contributed by atoms with Crippen molar-refractivity contribution in [2.75, 3.05) is 12.7 Å². The van der Waals surface area contributed by atoms with Crippen LogP contribution in [0.5, 0.6) is 11.5 Å². The number of rotatable bonds is 4. The predicted molar refractivity (Wildman–Crippen MR) is 61.9 cm³/mol. The third kappa shape index (κ3) is 2.25. The average molecular weight is 261 g/mol. The summed E-state index contributed by atoms with van der Waals surface area (Å²) in [6.45, 7) is 0.172. The number of carbonyl (C=O) groups is 1. The van der Waals surface area contributed by atoms with Gasteiger partial charge in [0.1, 0.15) is 0 Å². The molecular weight excluding hydrogens is 251 g/mol. The number of hydrogen-bond donors (Lipinski definition) is 0. The number of benzene rings is 1. The van der Waals surface area contributed by atoms with Crippen LogP contribution in [0.15, 0.2) is 12.1 Å². The first-order valence-corrected chi connectivity index (χ1v) is 5.82. The number of ketones is 1. The number of halogens is 2. The largest absolute Gasteiger partial charge is 0.454 e. The fourth-order valence-electron chi connectivity index (χ4n) is 1.49. The number of hydrogen-bond acceptors (Lipinski definition) is 3. The number of fused-ring (bicyclic) bond motifs is 1. The smallest absolute Gasteiger partial charge is 0.231 e. The molecular formula is C11H10Cl2O3. The van der Waals surface area contributed by atoms with Gasteiger partial charge in [0.25, 0.3) is 0 Å². The summed E-state index contributed by atoms with van der Waals surface area (Å²) in [4.78, 5) is 11.8. The minimum atomic E-state index is -0.0241. The van der Waals surface area contributed by atoms with Gasteiger partial charge in [0.2, 0.25) is 6.79 Å². The Balaban J connectivity index is 2.24. The van der Waals surface area contributed by atoms with Crippen molar-refractivity contribution < 1.29 is 14.3 Å². The molecule has 1 aromatic carbocycles. The lowest BCUT2D eigenvalue weighted by Gasteiger charge is -2.04. The number of carbonyl (C=O) groups excluding carboxylic acids is 1. The van der Waals surface area contributed by atoms with Crippen molar-refractivity contribution in [2.45, 2.75) is 12.8 Å². The highest BCUT2D eigenvalue weighted by Crippen LogP contribution is 2.37. The zero-order chi connectivity index (χ0) is 11.5. The van der Waals surface area contributed by atoms with Crippen molar-refractivity contribution in [1.82, 2.24) is 0 Å². The molecule has 3 nitrogen and oxygen atoms in total. The van der Waals surface area contributed by atoms with Crippen LogP contribution in [0.4, 0.5) is 0 Å². The second kappa shape index (κ2) is 4.93. The highest BCUT2D eigenvalue weighted by molar-refractivity contribution is 6.34. The molecule has 0 saturated heterocycles. The monoisotopic (exact) mass is 260 g/mol. The molecule has 1 aliphatic heterocycles. The van der Waals surface area contributed by atoms with Crippen LogP contribution in [-0.2, 0) is 0 Å². The van der Waals surface area contributed by atoms with E-state index in [1.165, 1.54) is 0 Å². The molecule has 0 spiro atoms. The zero-order valence-electron chi connectivity index (χ0n) is 8.46. The molecule has 1 aromatic rings. The van der Waals surface area contributed by atoms with Crippen LogP contribution in [0.3, 0.4) is 0 Å². The van der Waals surface area contributed by atoms with Crippen molar-refractivity contribution in [3.8, 4) is 11.5 Å². The molecule has 0 fully saturated rings. The Labute approximate surface area is 103 Å². The van der Waals surface area contributed by atoms with Crippen molar-refractivity contribution >= 4 is 29.0 Å². The number of ether oxygens (including phenoxy) is 2. The summed E-state index contributed by atoms with van der Waals surface area (Å²) in [5.41, 5.74) is 0.469. The Bertz CT molecular complexity index is 418. The van der Waals surface area contributed by atoms with E-state index in [0.29, 0.717) is 40.8 Å². The summed E-state index contributed by atoms with van der Waals surface area (Å²) in [6.07, 6.45) is 1.04. The molecule has 2 rings (SSSR count). The summed E-state index contributed by atoms with van der Waals surface area (Å²) in [6, 6.07) is 3.24. The molecule has 5 heteroatoms. The Morgan fingerprint density at radius 1 is 1.31 bits per heavy atom. The van der Waals surface area contributed by atoms with Gasteiger partial charge in [-0.3, -0.25) is 4.79 Å². The van der Waals surface area contributed by atoms with Crippen LogP contribution in [0.2, 0.25) is 5.02 Å². The van der Waals surface area contributed by atoms with E-state index < -0.39 is 0 Å². The van der Waals surface area contributed by atoms with Gasteiger partial charge in [0.05, 0.1) is 5.02 Å². The molecule has 1 aliphatic rings. The lowest BCUT2D eigenvalue weighted by Crippen LogP contribution is -2.00. The molecule has 16 heavy (non-hydrogen) atoms. The van der Waals surface area contributed by atoms with E-state index in [4.69, 9.17) is 32.7 Å². The minimum Gasteiger partial charge on any atom is -0.454 e. The highest BCUT2D eigenvalue weighted by atomic mass is 35.5. The van der Waals surface area contributed by atoms with Gasteiger partial charge in [-0.2, -0.15) is 0 Å². The molecule has 0 saturated carbocycles. The Kier molecular flexibility index (Phi) is 3.56. The molecule has 0 amide bonds. The summed E-state index contributed by atoms with van der Waals surface area (Å²) in [5, 5.41) is 0.392. The van der Waals surface area contributed by atoms with Gasteiger partial charge in [0, 0.05) is 23.9 Å². The first-order valence-electron chi connectivity index (χ1n) is 4.90. The van der Waals surface area contributed by atoms with E-state index in [1.54, 1.807) is 12.1 Å². The van der Waals surface area contributed by atoms with Crippen molar-refractivity contribution in [1.29, 1.82) is 0 Å². The summed E-state index contributed by atoms with van der Waals surface area (Å²) in [7, 11) is 0. The maximum atomic E-state index is 11.8. The molecule has 0 N–H and O–H groups in total. The van der Waals surface area contributed by atoms with E-state index in [2.05, 4.69) is 0 Å². The molecule has 0 bridgehead atoms. The quantitative estimate of drug-likeness (QED) is 0.616. The van der Waals surface area contributed by atoms with Gasteiger partial charge in [-0.05, 0) is 12.5 Å². The maximum Gasteiger partial charge on any atom is 0.231 e. The number of alkyl halides is 1.